The van der Waals surface area contributed by atoms with Gasteiger partial charge in [-0.15, -0.1) is 29.9 Å². The lowest BCUT2D eigenvalue weighted by Gasteiger charge is -2.22. The monoisotopic (exact) mass is 434 g/mol. The van der Waals surface area contributed by atoms with Crippen molar-refractivity contribution in [1.29, 1.82) is 0 Å². The molecule has 0 spiro atoms. The van der Waals surface area contributed by atoms with Crippen LogP contribution in [0.4, 0.5) is 5.69 Å². The first-order valence-corrected chi connectivity index (χ1v) is 9.20. The van der Waals surface area contributed by atoms with Crippen LogP contribution >= 0.6 is 24.8 Å². The van der Waals surface area contributed by atoms with Crippen LogP contribution in [0.15, 0.2) is 55.0 Å². The van der Waals surface area contributed by atoms with Crippen LogP contribution < -0.4 is 10.6 Å². The Hall–Kier alpha value is -2.48. The lowest BCUT2D eigenvalue weighted by atomic mass is 10.1. The summed E-state index contributed by atoms with van der Waals surface area (Å²) < 4.78 is 1.81. The minimum Gasteiger partial charge on any atom is -0.321 e. The zero-order valence-corrected chi connectivity index (χ0v) is 17.5. The number of piperidine rings is 1. The topological polar surface area (TPSA) is 84.7 Å². The van der Waals surface area contributed by atoms with Gasteiger partial charge >= 0.3 is 0 Å². The van der Waals surface area contributed by atoms with Gasteiger partial charge in [0.05, 0.1) is 12.2 Å². The van der Waals surface area contributed by atoms with Crippen LogP contribution in [0.2, 0.25) is 0 Å². The van der Waals surface area contributed by atoms with Gasteiger partial charge in [0.2, 0.25) is 0 Å². The molecule has 0 radical (unpaired) electrons. The Bertz CT molecular complexity index is 895. The highest BCUT2D eigenvalue weighted by atomic mass is 35.5. The number of anilines is 1. The van der Waals surface area contributed by atoms with Crippen molar-refractivity contribution >= 4 is 36.4 Å². The van der Waals surface area contributed by atoms with Crippen molar-refractivity contribution in [3.8, 4) is 0 Å². The van der Waals surface area contributed by atoms with Gasteiger partial charge in [-0.1, -0.05) is 17.3 Å². The van der Waals surface area contributed by atoms with Gasteiger partial charge in [0.15, 0.2) is 5.69 Å². The number of carbonyl (C=O) groups is 1. The van der Waals surface area contributed by atoms with E-state index in [0.717, 1.165) is 38.0 Å². The van der Waals surface area contributed by atoms with Crippen molar-refractivity contribution in [2.45, 2.75) is 25.3 Å². The molecule has 0 saturated carbocycles. The molecule has 3 heterocycles. The molecule has 1 fully saturated rings. The van der Waals surface area contributed by atoms with Crippen LogP contribution in [0.1, 0.15) is 40.5 Å². The molecule has 2 aromatic heterocycles. The molecular formula is C20H24Cl2N6O. The SMILES string of the molecule is Cl.Cl.O=C(Nc1ccc(Cc2ccncc2)cc1)c1cn(C2CCNCC2)nn1. The van der Waals surface area contributed by atoms with E-state index in [0.29, 0.717) is 11.7 Å². The maximum absolute atomic E-state index is 12.4. The number of pyridine rings is 1. The molecule has 3 aromatic rings. The molecule has 0 bridgehead atoms. The van der Waals surface area contributed by atoms with E-state index in [4.69, 9.17) is 0 Å². The molecule has 1 aliphatic heterocycles. The third-order valence-electron chi connectivity index (χ3n) is 4.80. The second kappa shape index (κ2) is 10.9. The van der Waals surface area contributed by atoms with Gasteiger partial charge in [0, 0.05) is 18.1 Å². The molecule has 2 N–H and O–H groups in total. The molecule has 29 heavy (non-hydrogen) atoms. The van der Waals surface area contributed by atoms with Gasteiger partial charge in [-0.25, -0.2) is 4.68 Å². The summed E-state index contributed by atoms with van der Waals surface area (Å²) in [6, 6.07) is 12.2. The Labute approximate surface area is 182 Å². The van der Waals surface area contributed by atoms with E-state index < -0.39 is 0 Å². The van der Waals surface area contributed by atoms with Crippen LogP contribution in [0, 0.1) is 0 Å². The lowest BCUT2D eigenvalue weighted by molar-refractivity contribution is 0.102. The smallest absolute Gasteiger partial charge is 0.277 e. The maximum Gasteiger partial charge on any atom is 0.277 e. The van der Waals surface area contributed by atoms with Crippen LogP contribution in [0.25, 0.3) is 0 Å². The summed E-state index contributed by atoms with van der Waals surface area (Å²) in [5.74, 6) is -0.239. The number of amides is 1. The third kappa shape index (κ3) is 6.00. The average Bonchev–Trinajstić information content (AvgIpc) is 3.21. The summed E-state index contributed by atoms with van der Waals surface area (Å²) in [4.78, 5) is 16.5. The van der Waals surface area contributed by atoms with Crippen molar-refractivity contribution in [2.75, 3.05) is 18.4 Å². The van der Waals surface area contributed by atoms with Crippen LogP contribution in [-0.2, 0) is 6.42 Å². The Morgan fingerprint density at radius 3 is 2.38 bits per heavy atom. The summed E-state index contributed by atoms with van der Waals surface area (Å²) >= 11 is 0. The summed E-state index contributed by atoms with van der Waals surface area (Å²) in [7, 11) is 0. The van der Waals surface area contributed by atoms with E-state index in [2.05, 4.69) is 25.9 Å². The molecule has 154 valence electrons. The summed E-state index contributed by atoms with van der Waals surface area (Å²) in [6.07, 6.45) is 8.17. The zero-order valence-electron chi connectivity index (χ0n) is 15.8. The number of halogens is 2. The fourth-order valence-corrected chi connectivity index (χ4v) is 3.27. The zero-order chi connectivity index (χ0) is 18.5. The highest BCUT2D eigenvalue weighted by molar-refractivity contribution is 6.02. The fourth-order valence-electron chi connectivity index (χ4n) is 3.27. The molecule has 1 aromatic carbocycles. The van der Waals surface area contributed by atoms with E-state index in [-0.39, 0.29) is 30.7 Å². The highest BCUT2D eigenvalue weighted by Crippen LogP contribution is 2.18. The molecule has 9 heteroatoms. The Morgan fingerprint density at radius 1 is 1.03 bits per heavy atom. The summed E-state index contributed by atoms with van der Waals surface area (Å²) in [5, 5.41) is 14.4. The second-order valence-corrected chi connectivity index (χ2v) is 6.75. The van der Waals surface area contributed by atoms with Crippen LogP contribution in [0.3, 0.4) is 0 Å². The van der Waals surface area contributed by atoms with Gasteiger partial charge in [-0.2, -0.15) is 0 Å². The second-order valence-electron chi connectivity index (χ2n) is 6.75. The lowest BCUT2D eigenvalue weighted by Crippen LogP contribution is -2.29. The number of nitrogens with one attached hydrogen (secondary N) is 2. The van der Waals surface area contributed by atoms with E-state index in [9.17, 15) is 4.79 Å². The molecule has 7 nitrogen and oxygen atoms in total. The van der Waals surface area contributed by atoms with Gasteiger partial charge < -0.3 is 10.6 Å². The fraction of sp³-hybridized carbons (Fsp3) is 0.300. The predicted molar refractivity (Wildman–Crippen MR) is 117 cm³/mol. The Kier molecular flexibility index (Phi) is 8.57. The molecule has 1 amide bonds. The minimum atomic E-state index is -0.239. The number of rotatable bonds is 5. The largest absolute Gasteiger partial charge is 0.321 e. The van der Waals surface area contributed by atoms with Crippen molar-refractivity contribution in [3.05, 3.63) is 71.8 Å². The summed E-state index contributed by atoms with van der Waals surface area (Å²) in [6.45, 7) is 1.94. The number of aromatic nitrogens is 4. The van der Waals surface area contributed by atoms with Crippen LogP contribution in [0.5, 0.6) is 0 Å². The number of benzene rings is 1. The van der Waals surface area contributed by atoms with Crippen molar-refractivity contribution < 1.29 is 4.79 Å². The summed E-state index contributed by atoms with van der Waals surface area (Å²) in [5.41, 5.74) is 3.47. The minimum absolute atomic E-state index is 0. The van der Waals surface area contributed by atoms with Gasteiger partial charge in [-0.3, -0.25) is 9.78 Å². The maximum atomic E-state index is 12.4. The van der Waals surface area contributed by atoms with Gasteiger partial charge in [0.1, 0.15) is 0 Å². The molecule has 1 aliphatic rings. The average molecular weight is 435 g/mol. The molecule has 1 saturated heterocycles. The standard InChI is InChI=1S/C20H22N6O.2ClH/c27-20(19-14-26(25-24-19)18-7-11-22-12-8-18)23-17-3-1-15(2-4-17)13-16-5-9-21-10-6-16;;/h1-6,9-10,14,18,22H,7-8,11-13H2,(H,23,27);2*1H. The van der Waals surface area contributed by atoms with E-state index >= 15 is 0 Å². The molecule has 0 aliphatic carbocycles. The third-order valence-corrected chi connectivity index (χ3v) is 4.80. The molecule has 0 atom stereocenters. The molecule has 0 unspecified atom stereocenters. The van der Waals surface area contributed by atoms with E-state index in [1.165, 1.54) is 11.1 Å². The normalized spacial score (nSPS) is 13.8. The molecular weight excluding hydrogens is 411 g/mol. The Morgan fingerprint density at radius 2 is 1.69 bits per heavy atom. The number of hydrogen-bond donors (Lipinski definition) is 2. The number of carbonyl (C=O) groups excluding carboxylic acids is 1. The highest BCUT2D eigenvalue weighted by Gasteiger charge is 2.18. The quantitative estimate of drug-likeness (QED) is 0.643. The van der Waals surface area contributed by atoms with Crippen molar-refractivity contribution in [2.24, 2.45) is 0 Å². The van der Waals surface area contributed by atoms with Gasteiger partial charge in [-0.05, 0) is 67.7 Å². The molecule has 4 rings (SSSR count). The van der Waals surface area contributed by atoms with Gasteiger partial charge in [0.25, 0.3) is 5.91 Å². The van der Waals surface area contributed by atoms with E-state index in [1.54, 1.807) is 18.6 Å². The number of hydrogen-bond acceptors (Lipinski definition) is 5. The number of nitrogens with zero attached hydrogens (tertiary/aromatic N) is 4. The van der Waals surface area contributed by atoms with E-state index in [1.807, 2.05) is 41.1 Å². The van der Waals surface area contributed by atoms with Crippen molar-refractivity contribution in [3.63, 3.8) is 0 Å². The Balaban J connectivity index is 0.00000150. The van der Waals surface area contributed by atoms with Crippen LogP contribution in [-0.4, -0.2) is 39.0 Å². The predicted octanol–water partition coefficient (Wildman–Crippen LogP) is 3.28. The first kappa shape index (κ1) is 22.8. The first-order valence-electron chi connectivity index (χ1n) is 9.20. The first-order chi connectivity index (χ1) is 13.3. The van der Waals surface area contributed by atoms with Crippen molar-refractivity contribution in [1.82, 2.24) is 25.3 Å².